The SMILES string of the molecule is O=C(N=C1NC(=O)C(Cc2ccc(F)cc2)S1)c1ccccn1. The monoisotopic (exact) mass is 329 g/mol. The Kier molecular flexibility index (Phi) is 4.47. The molecule has 1 saturated heterocycles. The lowest BCUT2D eigenvalue weighted by Crippen LogP contribution is -2.26. The second kappa shape index (κ2) is 6.70. The Morgan fingerprint density at radius 3 is 2.74 bits per heavy atom. The summed E-state index contributed by atoms with van der Waals surface area (Å²) in [5.41, 5.74) is 1.06. The van der Waals surface area contributed by atoms with Gasteiger partial charge in [-0.05, 0) is 36.2 Å². The number of nitrogens with zero attached hydrogens (tertiary/aromatic N) is 2. The van der Waals surface area contributed by atoms with Gasteiger partial charge in [0.1, 0.15) is 11.5 Å². The molecule has 1 N–H and O–H groups in total. The molecule has 0 radical (unpaired) electrons. The summed E-state index contributed by atoms with van der Waals surface area (Å²) in [5, 5.41) is 2.46. The molecule has 2 aromatic rings. The van der Waals surface area contributed by atoms with E-state index in [1.807, 2.05) is 0 Å². The number of carbonyl (C=O) groups is 2. The zero-order chi connectivity index (χ0) is 16.2. The molecule has 1 aromatic heterocycles. The Morgan fingerprint density at radius 1 is 1.26 bits per heavy atom. The maximum atomic E-state index is 12.9. The molecule has 2 heterocycles. The summed E-state index contributed by atoms with van der Waals surface area (Å²) >= 11 is 1.19. The molecular formula is C16H12FN3O2S. The standard InChI is InChI=1S/C16H12FN3O2S/c17-11-6-4-10(5-7-11)9-13-15(22)20-16(23-13)19-14(21)12-3-1-2-8-18-12/h1-8,13H,9H2,(H,19,20,21,22). The van der Waals surface area contributed by atoms with Crippen LogP contribution in [-0.4, -0.2) is 27.2 Å². The van der Waals surface area contributed by atoms with Crippen LogP contribution in [0.15, 0.2) is 53.7 Å². The number of hydrogen-bond donors (Lipinski definition) is 1. The van der Waals surface area contributed by atoms with E-state index in [1.54, 1.807) is 30.3 Å². The Balaban J connectivity index is 1.68. The van der Waals surface area contributed by atoms with E-state index in [1.165, 1.54) is 30.1 Å². The van der Waals surface area contributed by atoms with Crippen molar-refractivity contribution in [3.63, 3.8) is 0 Å². The fourth-order valence-electron chi connectivity index (χ4n) is 2.07. The number of pyridine rings is 1. The minimum atomic E-state index is -0.504. The normalized spacial score (nSPS) is 18.9. The molecule has 1 atom stereocenters. The summed E-state index contributed by atoms with van der Waals surface area (Å²) in [5.74, 6) is -1.04. The second-order valence-electron chi connectivity index (χ2n) is 4.86. The molecule has 1 fully saturated rings. The van der Waals surface area contributed by atoms with Gasteiger partial charge < -0.3 is 5.32 Å². The maximum absolute atomic E-state index is 12.9. The first-order valence-electron chi connectivity index (χ1n) is 6.88. The van der Waals surface area contributed by atoms with Crippen LogP contribution in [-0.2, 0) is 11.2 Å². The van der Waals surface area contributed by atoms with E-state index in [0.717, 1.165) is 5.56 Å². The van der Waals surface area contributed by atoms with Crippen LogP contribution in [0, 0.1) is 5.82 Å². The van der Waals surface area contributed by atoms with Crippen LogP contribution in [0.1, 0.15) is 16.1 Å². The predicted octanol–water partition coefficient (Wildman–Crippen LogP) is 2.19. The number of halogens is 1. The summed E-state index contributed by atoms with van der Waals surface area (Å²) in [6.07, 6.45) is 1.94. The zero-order valence-electron chi connectivity index (χ0n) is 11.9. The molecule has 5 nitrogen and oxygen atoms in total. The Bertz CT molecular complexity index is 763. The Hall–Kier alpha value is -2.54. The molecule has 23 heavy (non-hydrogen) atoms. The summed E-state index contributed by atoms with van der Waals surface area (Å²) in [6.45, 7) is 0. The van der Waals surface area contributed by atoms with E-state index in [0.29, 0.717) is 6.42 Å². The number of aliphatic imine (C=N–C) groups is 1. The van der Waals surface area contributed by atoms with Crippen molar-refractivity contribution in [1.82, 2.24) is 10.3 Å². The number of carbonyl (C=O) groups excluding carboxylic acids is 2. The van der Waals surface area contributed by atoms with E-state index in [9.17, 15) is 14.0 Å². The van der Waals surface area contributed by atoms with Crippen molar-refractivity contribution < 1.29 is 14.0 Å². The van der Waals surface area contributed by atoms with Gasteiger partial charge in [0.2, 0.25) is 5.91 Å². The summed E-state index contributed by atoms with van der Waals surface area (Å²) in [7, 11) is 0. The molecule has 1 unspecified atom stereocenters. The number of aromatic nitrogens is 1. The number of thioether (sulfide) groups is 1. The average molecular weight is 329 g/mol. The van der Waals surface area contributed by atoms with Crippen molar-refractivity contribution in [3.8, 4) is 0 Å². The molecule has 1 aromatic carbocycles. The molecule has 0 spiro atoms. The molecule has 0 aliphatic carbocycles. The second-order valence-corrected chi connectivity index (χ2v) is 6.05. The highest BCUT2D eigenvalue weighted by Gasteiger charge is 2.30. The summed E-state index contributed by atoms with van der Waals surface area (Å²) in [6, 6.07) is 10.9. The largest absolute Gasteiger partial charge is 0.304 e. The van der Waals surface area contributed by atoms with Gasteiger partial charge in [0, 0.05) is 6.20 Å². The lowest BCUT2D eigenvalue weighted by atomic mass is 10.1. The van der Waals surface area contributed by atoms with Gasteiger partial charge in [-0.15, -0.1) is 0 Å². The van der Waals surface area contributed by atoms with Crippen molar-refractivity contribution in [1.29, 1.82) is 0 Å². The Morgan fingerprint density at radius 2 is 2.04 bits per heavy atom. The van der Waals surface area contributed by atoms with Crippen LogP contribution in [0.25, 0.3) is 0 Å². The number of rotatable bonds is 3. The quantitative estimate of drug-likeness (QED) is 0.937. The first-order valence-corrected chi connectivity index (χ1v) is 7.76. The molecule has 2 amide bonds. The van der Waals surface area contributed by atoms with Crippen LogP contribution in [0.5, 0.6) is 0 Å². The Labute approximate surface area is 136 Å². The number of amidine groups is 1. The lowest BCUT2D eigenvalue weighted by Gasteiger charge is -2.04. The molecule has 0 saturated carbocycles. The number of benzene rings is 1. The van der Waals surface area contributed by atoms with Gasteiger partial charge in [-0.25, -0.2) is 4.39 Å². The first-order chi connectivity index (χ1) is 11.1. The highest BCUT2D eigenvalue weighted by atomic mass is 32.2. The predicted molar refractivity (Wildman–Crippen MR) is 85.6 cm³/mol. The molecule has 1 aliphatic rings. The number of hydrogen-bond acceptors (Lipinski definition) is 4. The third-order valence-electron chi connectivity index (χ3n) is 3.20. The van der Waals surface area contributed by atoms with Crippen molar-refractivity contribution >= 4 is 28.7 Å². The number of nitrogens with one attached hydrogen (secondary N) is 1. The van der Waals surface area contributed by atoms with Gasteiger partial charge in [-0.2, -0.15) is 4.99 Å². The molecule has 7 heteroatoms. The fraction of sp³-hybridized carbons (Fsp3) is 0.125. The van der Waals surface area contributed by atoms with E-state index in [4.69, 9.17) is 0 Å². The minimum Gasteiger partial charge on any atom is -0.304 e. The van der Waals surface area contributed by atoms with Crippen molar-refractivity contribution in [2.24, 2.45) is 4.99 Å². The first kappa shape index (κ1) is 15.4. The zero-order valence-corrected chi connectivity index (χ0v) is 12.7. The number of amides is 2. The van der Waals surface area contributed by atoms with Crippen LogP contribution in [0.2, 0.25) is 0 Å². The maximum Gasteiger partial charge on any atom is 0.297 e. The minimum absolute atomic E-state index is 0.216. The third-order valence-corrected chi connectivity index (χ3v) is 4.28. The van der Waals surface area contributed by atoms with Crippen LogP contribution in [0.4, 0.5) is 4.39 Å². The topological polar surface area (TPSA) is 71.4 Å². The van der Waals surface area contributed by atoms with E-state index >= 15 is 0 Å². The van der Waals surface area contributed by atoms with Crippen LogP contribution >= 0.6 is 11.8 Å². The van der Waals surface area contributed by atoms with Gasteiger partial charge in [-0.3, -0.25) is 14.6 Å². The van der Waals surface area contributed by atoms with E-state index in [2.05, 4.69) is 15.3 Å². The van der Waals surface area contributed by atoms with E-state index < -0.39 is 11.2 Å². The van der Waals surface area contributed by atoms with Crippen molar-refractivity contribution in [2.45, 2.75) is 11.7 Å². The molecule has 116 valence electrons. The average Bonchev–Trinajstić information content (AvgIpc) is 2.90. The fourth-order valence-corrected chi connectivity index (χ4v) is 3.07. The van der Waals surface area contributed by atoms with Crippen molar-refractivity contribution in [2.75, 3.05) is 0 Å². The molecule has 1 aliphatic heterocycles. The van der Waals surface area contributed by atoms with Crippen molar-refractivity contribution in [3.05, 3.63) is 65.7 Å². The van der Waals surface area contributed by atoms with Gasteiger partial charge in [-0.1, -0.05) is 30.0 Å². The van der Waals surface area contributed by atoms with Crippen LogP contribution in [0.3, 0.4) is 0 Å². The lowest BCUT2D eigenvalue weighted by molar-refractivity contribution is -0.118. The summed E-state index contributed by atoms with van der Waals surface area (Å²) in [4.78, 5) is 31.7. The third kappa shape index (κ3) is 3.81. The summed E-state index contributed by atoms with van der Waals surface area (Å²) < 4.78 is 12.9. The molecule has 0 bridgehead atoms. The van der Waals surface area contributed by atoms with Gasteiger partial charge in [0.05, 0.1) is 5.25 Å². The highest BCUT2D eigenvalue weighted by Crippen LogP contribution is 2.23. The smallest absolute Gasteiger partial charge is 0.297 e. The van der Waals surface area contributed by atoms with Gasteiger partial charge in [0.15, 0.2) is 5.17 Å². The van der Waals surface area contributed by atoms with Gasteiger partial charge in [0.25, 0.3) is 5.91 Å². The highest BCUT2D eigenvalue weighted by molar-refractivity contribution is 8.15. The van der Waals surface area contributed by atoms with Gasteiger partial charge >= 0.3 is 0 Å². The van der Waals surface area contributed by atoms with E-state index in [-0.39, 0.29) is 22.6 Å². The van der Waals surface area contributed by atoms with Crippen LogP contribution < -0.4 is 5.32 Å². The molecular weight excluding hydrogens is 317 g/mol. The molecule has 3 rings (SSSR count).